The fraction of sp³-hybridized carbons (Fsp3) is 0.281. The summed E-state index contributed by atoms with van der Waals surface area (Å²) in [5.74, 6) is 0.220. The van der Waals surface area contributed by atoms with Crippen LogP contribution < -0.4 is 5.43 Å². The Balaban J connectivity index is 1.86. The van der Waals surface area contributed by atoms with Crippen LogP contribution in [0.5, 0.6) is 5.75 Å². The molecule has 0 bridgehead atoms. The van der Waals surface area contributed by atoms with E-state index in [0.717, 1.165) is 22.4 Å². The summed E-state index contributed by atoms with van der Waals surface area (Å²) in [5, 5.41) is 16.3. The summed E-state index contributed by atoms with van der Waals surface area (Å²) in [6.07, 6.45) is 8.13. The maximum atomic E-state index is 11.6. The fourth-order valence-electron chi connectivity index (χ4n) is 4.77. The van der Waals surface area contributed by atoms with Crippen LogP contribution in [0.3, 0.4) is 0 Å². The Bertz CT molecular complexity index is 1290. The number of nitrogens with one attached hydrogen (secondary N) is 1. The standard InChI is InChI=1S/C32H37N3O/c1-31(2,23-15-9-7-10-16-23)25-21-26(32(3,4)24-17-11-8-12-18-24)30(36)28(22-25)34-33-27-19-13-14-20-29(27)35(5)6/h7-22,29,34,36H,1-6H3/b33-27-. The number of hydrogen-bond donors (Lipinski definition) is 2. The highest BCUT2D eigenvalue weighted by atomic mass is 16.3. The molecule has 4 heteroatoms. The smallest absolute Gasteiger partial charge is 0.144 e. The lowest BCUT2D eigenvalue weighted by atomic mass is 9.72. The minimum Gasteiger partial charge on any atom is -0.505 e. The van der Waals surface area contributed by atoms with E-state index in [4.69, 9.17) is 5.10 Å². The third-order valence-electron chi connectivity index (χ3n) is 7.33. The first kappa shape index (κ1) is 25.5. The van der Waals surface area contributed by atoms with Gasteiger partial charge >= 0.3 is 0 Å². The number of phenols is 1. The van der Waals surface area contributed by atoms with Gasteiger partial charge in [-0.05, 0) is 42.9 Å². The van der Waals surface area contributed by atoms with E-state index in [1.165, 1.54) is 5.56 Å². The molecule has 36 heavy (non-hydrogen) atoms. The maximum absolute atomic E-state index is 11.6. The van der Waals surface area contributed by atoms with E-state index in [-0.39, 0.29) is 17.2 Å². The molecule has 1 atom stereocenters. The zero-order valence-electron chi connectivity index (χ0n) is 22.2. The molecule has 0 aromatic heterocycles. The highest BCUT2D eigenvalue weighted by Gasteiger charge is 2.32. The van der Waals surface area contributed by atoms with Crippen LogP contribution in [0.25, 0.3) is 0 Å². The molecule has 186 valence electrons. The molecular weight excluding hydrogens is 442 g/mol. The molecule has 0 fully saturated rings. The Hall–Kier alpha value is -3.63. The molecule has 0 spiro atoms. The summed E-state index contributed by atoms with van der Waals surface area (Å²) in [5.41, 5.74) is 8.33. The fourth-order valence-corrected chi connectivity index (χ4v) is 4.77. The van der Waals surface area contributed by atoms with Gasteiger partial charge in [-0.2, -0.15) is 5.10 Å². The molecule has 0 amide bonds. The van der Waals surface area contributed by atoms with Gasteiger partial charge in [0.1, 0.15) is 5.75 Å². The second-order valence-corrected chi connectivity index (χ2v) is 10.7. The number of hydrogen-bond acceptors (Lipinski definition) is 4. The van der Waals surface area contributed by atoms with Crippen LogP contribution in [0, 0.1) is 0 Å². The normalized spacial score (nSPS) is 17.1. The van der Waals surface area contributed by atoms with Gasteiger partial charge in [0.25, 0.3) is 0 Å². The van der Waals surface area contributed by atoms with Gasteiger partial charge in [-0.3, -0.25) is 10.3 Å². The van der Waals surface area contributed by atoms with Crippen molar-refractivity contribution in [2.75, 3.05) is 19.5 Å². The van der Waals surface area contributed by atoms with Gasteiger partial charge in [0.05, 0.1) is 17.4 Å². The van der Waals surface area contributed by atoms with Crippen molar-refractivity contribution in [3.63, 3.8) is 0 Å². The predicted octanol–water partition coefficient (Wildman–Crippen LogP) is 6.87. The second kappa shape index (κ2) is 10.2. The Morgan fingerprint density at radius 1 is 0.778 bits per heavy atom. The molecule has 0 radical (unpaired) electrons. The Morgan fingerprint density at radius 2 is 1.36 bits per heavy atom. The molecule has 0 heterocycles. The van der Waals surface area contributed by atoms with E-state index in [0.29, 0.717) is 5.69 Å². The van der Waals surface area contributed by atoms with Crippen molar-refractivity contribution < 1.29 is 5.11 Å². The third kappa shape index (κ3) is 5.00. The number of phenolic OH excluding ortho intramolecular Hbond substituents is 1. The first-order chi connectivity index (χ1) is 17.1. The zero-order valence-corrected chi connectivity index (χ0v) is 22.2. The highest BCUT2D eigenvalue weighted by Crippen LogP contribution is 2.44. The summed E-state index contributed by atoms with van der Waals surface area (Å²) in [4.78, 5) is 2.11. The Kier molecular flexibility index (Phi) is 7.18. The molecule has 4 rings (SSSR count). The summed E-state index contributed by atoms with van der Waals surface area (Å²) in [6, 6.07) is 25.1. The summed E-state index contributed by atoms with van der Waals surface area (Å²) < 4.78 is 0. The summed E-state index contributed by atoms with van der Waals surface area (Å²) >= 11 is 0. The molecule has 0 saturated carbocycles. The first-order valence-corrected chi connectivity index (χ1v) is 12.5. The molecule has 4 nitrogen and oxygen atoms in total. The number of nitrogens with zero attached hydrogens (tertiary/aromatic N) is 2. The van der Waals surface area contributed by atoms with Gasteiger partial charge in [-0.25, -0.2) is 0 Å². The van der Waals surface area contributed by atoms with Crippen molar-refractivity contribution in [1.82, 2.24) is 4.90 Å². The van der Waals surface area contributed by atoms with Gasteiger partial charge in [-0.1, -0.05) is 113 Å². The van der Waals surface area contributed by atoms with Crippen molar-refractivity contribution in [3.05, 3.63) is 119 Å². The lowest BCUT2D eigenvalue weighted by Crippen LogP contribution is -2.34. The number of likely N-dealkylation sites (N-methyl/N-ethyl adjacent to an activating group) is 1. The molecule has 0 saturated heterocycles. The molecule has 1 aliphatic rings. The number of allylic oxidation sites excluding steroid dienone is 2. The quantitative estimate of drug-likeness (QED) is 0.287. The number of hydrazone groups is 1. The number of aromatic hydroxyl groups is 1. The zero-order chi connectivity index (χ0) is 25.9. The number of rotatable bonds is 7. The average Bonchev–Trinajstić information content (AvgIpc) is 2.89. The van der Waals surface area contributed by atoms with Gasteiger partial charge in [0.2, 0.25) is 0 Å². The molecule has 0 aliphatic heterocycles. The third-order valence-corrected chi connectivity index (χ3v) is 7.33. The highest BCUT2D eigenvalue weighted by molar-refractivity contribution is 6.02. The topological polar surface area (TPSA) is 47.9 Å². The van der Waals surface area contributed by atoms with E-state index in [2.05, 4.69) is 86.6 Å². The first-order valence-electron chi connectivity index (χ1n) is 12.5. The van der Waals surface area contributed by atoms with Crippen LogP contribution in [0.2, 0.25) is 0 Å². The van der Waals surface area contributed by atoms with Crippen LogP contribution in [0.1, 0.15) is 49.9 Å². The van der Waals surface area contributed by atoms with Crippen molar-refractivity contribution in [2.45, 2.75) is 44.6 Å². The lowest BCUT2D eigenvalue weighted by molar-refractivity contribution is 0.408. The molecule has 1 unspecified atom stereocenters. The van der Waals surface area contributed by atoms with Crippen LogP contribution in [0.4, 0.5) is 5.69 Å². The van der Waals surface area contributed by atoms with Crippen molar-refractivity contribution in [2.24, 2.45) is 5.10 Å². The molecule has 3 aromatic carbocycles. The van der Waals surface area contributed by atoms with Crippen molar-refractivity contribution >= 4 is 11.4 Å². The minimum absolute atomic E-state index is 0.0637. The van der Waals surface area contributed by atoms with Crippen LogP contribution in [0.15, 0.2) is 102 Å². The largest absolute Gasteiger partial charge is 0.505 e. The second-order valence-electron chi connectivity index (χ2n) is 10.7. The predicted molar refractivity (Wildman–Crippen MR) is 152 cm³/mol. The molecular formula is C32H37N3O. The van der Waals surface area contributed by atoms with Gasteiger partial charge in [0, 0.05) is 16.4 Å². The molecule has 2 N–H and O–H groups in total. The van der Waals surface area contributed by atoms with Crippen LogP contribution in [-0.2, 0) is 10.8 Å². The van der Waals surface area contributed by atoms with Crippen LogP contribution in [-0.4, -0.2) is 35.9 Å². The number of benzene rings is 3. The Morgan fingerprint density at radius 3 is 1.94 bits per heavy atom. The van der Waals surface area contributed by atoms with Crippen LogP contribution >= 0.6 is 0 Å². The van der Waals surface area contributed by atoms with Crippen molar-refractivity contribution in [3.8, 4) is 5.75 Å². The average molecular weight is 480 g/mol. The summed E-state index contributed by atoms with van der Waals surface area (Å²) in [6.45, 7) is 8.76. The van der Waals surface area contributed by atoms with E-state index in [1.54, 1.807) is 0 Å². The monoisotopic (exact) mass is 479 g/mol. The minimum atomic E-state index is -0.419. The van der Waals surface area contributed by atoms with Gasteiger partial charge < -0.3 is 5.11 Å². The molecule has 1 aliphatic carbocycles. The molecule has 3 aromatic rings. The van der Waals surface area contributed by atoms with E-state index >= 15 is 0 Å². The van der Waals surface area contributed by atoms with Gasteiger partial charge in [-0.15, -0.1) is 0 Å². The SMILES string of the molecule is CN(C)C1C=CC=C/C1=N/Nc1cc(C(C)(C)c2ccccc2)cc(C(C)(C)c2ccccc2)c1O. The van der Waals surface area contributed by atoms with Gasteiger partial charge in [0.15, 0.2) is 0 Å². The Labute approximate surface area is 215 Å². The maximum Gasteiger partial charge on any atom is 0.144 e. The number of anilines is 1. The van der Waals surface area contributed by atoms with Crippen molar-refractivity contribution in [1.29, 1.82) is 0 Å². The summed E-state index contributed by atoms with van der Waals surface area (Å²) in [7, 11) is 4.06. The lowest BCUT2D eigenvalue weighted by Gasteiger charge is -2.32. The van der Waals surface area contributed by atoms with E-state index in [1.807, 2.05) is 62.7 Å². The van der Waals surface area contributed by atoms with E-state index < -0.39 is 5.41 Å². The van der Waals surface area contributed by atoms with E-state index in [9.17, 15) is 5.11 Å².